The minimum absolute atomic E-state index is 0.0245. The first-order chi connectivity index (χ1) is 8.31. The lowest BCUT2D eigenvalue weighted by Crippen LogP contribution is -2.40. The molecule has 4 nitrogen and oxygen atoms in total. The van der Waals surface area contributed by atoms with Gasteiger partial charge in [0.15, 0.2) is 0 Å². The Bertz CT molecular complexity index is 386. The second-order valence-electron chi connectivity index (χ2n) is 7.36. The third-order valence-electron chi connectivity index (χ3n) is 2.54. The summed E-state index contributed by atoms with van der Waals surface area (Å²) < 4.78 is 23.6. The van der Waals surface area contributed by atoms with Gasteiger partial charge in [0, 0.05) is 12.0 Å². The van der Waals surface area contributed by atoms with Crippen LogP contribution in [-0.4, -0.2) is 31.4 Å². The van der Waals surface area contributed by atoms with Crippen molar-refractivity contribution < 1.29 is 13.2 Å². The maximum atomic E-state index is 11.8. The van der Waals surface area contributed by atoms with Crippen LogP contribution in [0.1, 0.15) is 60.8 Å². The van der Waals surface area contributed by atoms with Gasteiger partial charge < -0.3 is 5.32 Å². The Balaban J connectivity index is 4.03. The van der Waals surface area contributed by atoms with E-state index in [1.54, 1.807) is 0 Å². The van der Waals surface area contributed by atoms with Gasteiger partial charge in [-0.2, -0.15) is 0 Å². The van der Waals surface area contributed by atoms with Crippen molar-refractivity contribution in [3.63, 3.8) is 0 Å². The molecule has 0 aliphatic carbocycles. The summed E-state index contributed by atoms with van der Waals surface area (Å²) in [6.45, 7) is 11.8. The zero-order valence-corrected chi connectivity index (χ0v) is 14.0. The summed E-state index contributed by atoms with van der Waals surface area (Å²) in [5, 5.41) is 2.83. The quantitative estimate of drug-likeness (QED) is 0.818. The zero-order chi connectivity index (χ0) is 15.3. The molecule has 0 bridgehead atoms. The molecular formula is C14H29NO3S. The molecule has 114 valence electrons. The summed E-state index contributed by atoms with van der Waals surface area (Å²) in [4.78, 5) is 11.6. The summed E-state index contributed by atoms with van der Waals surface area (Å²) >= 11 is 0. The molecule has 0 aromatic rings. The van der Waals surface area contributed by atoms with E-state index in [1.165, 1.54) is 0 Å². The van der Waals surface area contributed by atoms with E-state index in [9.17, 15) is 13.2 Å². The molecule has 0 saturated heterocycles. The number of amides is 1. The fourth-order valence-electron chi connectivity index (χ4n) is 1.50. The lowest BCUT2D eigenvalue weighted by atomic mass is 9.94. The van der Waals surface area contributed by atoms with Crippen LogP contribution >= 0.6 is 0 Å². The van der Waals surface area contributed by atoms with Gasteiger partial charge in [-0.15, -0.1) is 0 Å². The predicted molar refractivity (Wildman–Crippen MR) is 79.9 cm³/mol. The molecule has 0 aromatic carbocycles. The van der Waals surface area contributed by atoms with E-state index < -0.39 is 9.84 Å². The van der Waals surface area contributed by atoms with Crippen LogP contribution < -0.4 is 5.32 Å². The average molecular weight is 291 g/mol. The smallest absolute Gasteiger partial charge is 0.220 e. The van der Waals surface area contributed by atoms with Crippen molar-refractivity contribution in [3.05, 3.63) is 0 Å². The van der Waals surface area contributed by atoms with Crippen molar-refractivity contribution in [2.24, 2.45) is 5.41 Å². The average Bonchev–Trinajstić information content (AvgIpc) is 2.10. The summed E-state index contributed by atoms with van der Waals surface area (Å²) in [7, 11) is -3.03. The van der Waals surface area contributed by atoms with Gasteiger partial charge in [-0.3, -0.25) is 4.79 Å². The fourth-order valence-corrected chi connectivity index (χ4v) is 3.21. The standard InChI is InChI=1S/C14H29NO3S/c1-13(2,3)9-11-19(17,18)10-7-8-12(16)15-14(4,5)6/h7-11H2,1-6H3,(H,15,16). The Morgan fingerprint density at radius 3 is 1.95 bits per heavy atom. The van der Waals surface area contributed by atoms with Gasteiger partial charge in [0.1, 0.15) is 9.84 Å². The molecule has 0 aliphatic heterocycles. The van der Waals surface area contributed by atoms with Crippen LogP contribution in [0.5, 0.6) is 0 Å². The minimum atomic E-state index is -3.03. The second kappa shape index (κ2) is 6.73. The number of hydrogen-bond acceptors (Lipinski definition) is 3. The Hall–Kier alpha value is -0.580. The first-order valence-corrected chi connectivity index (χ1v) is 8.64. The van der Waals surface area contributed by atoms with E-state index in [1.807, 2.05) is 41.5 Å². The van der Waals surface area contributed by atoms with Crippen molar-refractivity contribution in [2.75, 3.05) is 11.5 Å². The van der Waals surface area contributed by atoms with Crippen LogP contribution in [0.3, 0.4) is 0 Å². The van der Waals surface area contributed by atoms with Crippen LogP contribution in [0.15, 0.2) is 0 Å². The van der Waals surface area contributed by atoms with Gasteiger partial charge in [0.05, 0.1) is 11.5 Å². The van der Waals surface area contributed by atoms with Crippen LogP contribution in [0.4, 0.5) is 0 Å². The van der Waals surface area contributed by atoms with E-state index in [2.05, 4.69) is 5.32 Å². The Morgan fingerprint density at radius 2 is 1.53 bits per heavy atom. The molecule has 0 atom stereocenters. The fraction of sp³-hybridized carbons (Fsp3) is 0.929. The summed E-state index contributed by atoms with van der Waals surface area (Å²) in [5.74, 6) is 0.219. The van der Waals surface area contributed by atoms with Crippen molar-refractivity contribution in [1.29, 1.82) is 0 Å². The molecule has 0 heterocycles. The highest BCUT2D eigenvalue weighted by molar-refractivity contribution is 7.91. The maximum Gasteiger partial charge on any atom is 0.220 e. The van der Waals surface area contributed by atoms with Crippen LogP contribution in [0.2, 0.25) is 0 Å². The summed E-state index contributed by atoms with van der Waals surface area (Å²) in [6, 6.07) is 0. The lowest BCUT2D eigenvalue weighted by Gasteiger charge is -2.20. The third-order valence-corrected chi connectivity index (χ3v) is 4.27. The Kier molecular flexibility index (Phi) is 6.52. The topological polar surface area (TPSA) is 63.2 Å². The number of hydrogen-bond donors (Lipinski definition) is 1. The third kappa shape index (κ3) is 12.2. The molecule has 0 unspecified atom stereocenters. The largest absolute Gasteiger partial charge is 0.352 e. The van der Waals surface area contributed by atoms with Crippen LogP contribution in [0, 0.1) is 5.41 Å². The number of carbonyl (C=O) groups excluding carboxylic acids is 1. The molecule has 0 spiro atoms. The van der Waals surface area contributed by atoms with Gasteiger partial charge in [-0.25, -0.2) is 8.42 Å². The molecule has 0 fully saturated rings. The molecule has 1 N–H and O–H groups in total. The summed E-state index contributed by atoms with van der Waals surface area (Å²) in [5.41, 5.74) is -0.237. The van der Waals surface area contributed by atoms with E-state index >= 15 is 0 Å². The van der Waals surface area contributed by atoms with Gasteiger partial charge in [0.2, 0.25) is 5.91 Å². The second-order valence-corrected chi connectivity index (χ2v) is 9.67. The van der Waals surface area contributed by atoms with E-state index in [4.69, 9.17) is 0 Å². The highest BCUT2D eigenvalue weighted by Gasteiger charge is 2.18. The molecule has 5 heteroatoms. The summed E-state index contributed by atoms with van der Waals surface area (Å²) in [6.07, 6.45) is 1.32. The van der Waals surface area contributed by atoms with Crippen molar-refractivity contribution >= 4 is 15.7 Å². The van der Waals surface area contributed by atoms with Crippen LogP contribution in [0.25, 0.3) is 0 Å². The molecule has 1 amide bonds. The predicted octanol–water partition coefficient (Wildman–Crippen LogP) is 2.53. The maximum absolute atomic E-state index is 11.8. The highest BCUT2D eigenvalue weighted by Crippen LogP contribution is 2.19. The number of nitrogens with one attached hydrogen (secondary N) is 1. The molecular weight excluding hydrogens is 262 g/mol. The SMILES string of the molecule is CC(C)(C)CCS(=O)(=O)CCCC(=O)NC(C)(C)C. The van der Waals surface area contributed by atoms with Crippen molar-refractivity contribution in [3.8, 4) is 0 Å². The Morgan fingerprint density at radius 1 is 1.00 bits per heavy atom. The van der Waals surface area contributed by atoms with Crippen molar-refractivity contribution in [2.45, 2.75) is 66.3 Å². The van der Waals surface area contributed by atoms with Crippen molar-refractivity contribution in [1.82, 2.24) is 5.32 Å². The number of sulfone groups is 1. The van der Waals surface area contributed by atoms with Crippen LogP contribution in [-0.2, 0) is 14.6 Å². The molecule has 0 aliphatic rings. The first kappa shape index (κ1) is 18.4. The zero-order valence-electron chi connectivity index (χ0n) is 13.2. The highest BCUT2D eigenvalue weighted by atomic mass is 32.2. The van der Waals surface area contributed by atoms with E-state index in [0.717, 1.165) is 0 Å². The molecule has 0 saturated carbocycles. The molecule has 0 radical (unpaired) electrons. The minimum Gasteiger partial charge on any atom is -0.352 e. The number of carbonyl (C=O) groups is 1. The van der Waals surface area contributed by atoms with E-state index in [-0.39, 0.29) is 34.8 Å². The van der Waals surface area contributed by atoms with Gasteiger partial charge in [0.25, 0.3) is 0 Å². The normalized spacial score (nSPS) is 13.4. The van der Waals surface area contributed by atoms with Gasteiger partial charge >= 0.3 is 0 Å². The lowest BCUT2D eigenvalue weighted by molar-refractivity contribution is -0.122. The Labute approximate surface area is 118 Å². The van der Waals surface area contributed by atoms with Gasteiger partial charge in [-0.1, -0.05) is 20.8 Å². The molecule has 0 aromatic heterocycles. The number of rotatable bonds is 6. The monoisotopic (exact) mass is 291 g/mol. The van der Waals surface area contributed by atoms with E-state index in [0.29, 0.717) is 12.8 Å². The molecule has 0 rings (SSSR count). The van der Waals surface area contributed by atoms with Gasteiger partial charge in [-0.05, 0) is 39.0 Å². The molecule has 19 heavy (non-hydrogen) atoms. The first-order valence-electron chi connectivity index (χ1n) is 6.82.